The van der Waals surface area contributed by atoms with E-state index in [0.29, 0.717) is 25.2 Å². The van der Waals surface area contributed by atoms with Crippen molar-refractivity contribution in [3.8, 4) is 0 Å². The topological polar surface area (TPSA) is 41.1 Å². The third-order valence-electron chi connectivity index (χ3n) is 2.65. The van der Waals surface area contributed by atoms with Gasteiger partial charge < -0.3 is 10.6 Å². The van der Waals surface area contributed by atoms with Crippen molar-refractivity contribution < 1.29 is 22.4 Å². The van der Waals surface area contributed by atoms with Crippen LogP contribution in [0.4, 0.5) is 17.6 Å². The van der Waals surface area contributed by atoms with E-state index in [2.05, 4.69) is 10.6 Å². The zero-order valence-corrected chi connectivity index (χ0v) is 9.14. The molecule has 0 radical (unpaired) electrons. The molecule has 0 aliphatic carbocycles. The first kappa shape index (κ1) is 12.8. The molecule has 2 N–H and O–H groups in total. The molecule has 2 rings (SSSR count). The van der Waals surface area contributed by atoms with Crippen LogP contribution in [0.15, 0.2) is 18.2 Å². The van der Waals surface area contributed by atoms with Crippen molar-refractivity contribution in [1.29, 1.82) is 0 Å². The van der Waals surface area contributed by atoms with Gasteiger partial charge >= 0.3 is 6.18 Å². The number of alkyl halides is 3. The summed E-state index contributed by atoms with van der Waals surface area (Å²) >= 11 is 0. The molecule has 1 aromatic carbocycles. The van der Waals surface area contributed by atoms with Crippen LogP contribution < -0.4 is 10.6 Å². The van der Waals surface area contributed by atoms with Gasteiger partial charge in [-0.2, -0.15) is 13.2 Å². The fraction of sp³-hybridized carbons (Fsp3) is 0.364. The van der Waals surface area contributed by atoms with Crippen LogP contribution in [0, 0.1) is 5.82 Å². The van der Waals surface area contributed by atoms with Crippen molar-refractivity contribution in [3.63, 3.8) is 0 Å². The molecule has 1 heterocycles. The molecule has 1 saturated heterocycles. The second-order valence-corrected chi connectivity index (χ2v) is 4.02. The predicted octanol–water partition coefficient (Wildman–Crippen LogP) is 1.55. The molecular formula is C11H10F4N2O. The highest BCUT2D eigenvalue weighted by Gasteiger charge is 2.34. The lowest BCUT2D eigenvalue weighted by Crippen LogP contribution is -2.56. The maximum Gasteiger partial charge on any atom is 0.419 e. The van der Waals surface area contributed by atoms with Crippen molar-refractivity contribution in [2.45, 2.75) is 12.2 Å². The molecule has 7 heteroatoms. The van der Waals surface area contributed by atoms with Gasteiger partial charge in [-0.05, 0) is 18.2 Å². The van der Waals surface area contributed by atoms with E-state index in [1.54, 1.807) is 0 Å². The molecule has 1 aliphatic rings. The van der Waals surface area contributed by atoms with Gasteiger partial charge in [-0.3, -0.25) is 4.79 Å². The standard InChI is InChI=1S/C11H10F4N2O/c12-9-2-1-6(3-8(9)11(13,14)15)10(18)17-7-4-16-5-7/h1-3,7,16H,4-5H2,(H,17,18). The molecule has 3 nitrogen and oxygen atoms in total. The van der Waals surface area contributed by atoms with E-state index in [1.807, 2.05) is 0 Å². The molecule has 1 amide bonds. The van der Waals surface area contributed by atoms with Gasteiger partial charge in [0.1, 0.15) is 5.82 Å². The smallest absolute Gasteiger partial charge is 0.347 e. The summed E-state index contributed by atoms with van der Waals surface area (Å²) in [6.45, 7) is 1.16. The lowest BCUT2D eigenvalue weighted by atomic mass is 10.1. The second kappa shape index (κ2) is 4.56. The van der Waals surface area contributed by atoms with Crippen LogP contribution in [-0.2, 0) is 6.18 Å². The lowest BCUT2D eigenvalue weighted by molar-refractivity contribution is -0.140. The average Bonchev–Trinajstić information content (AvgIpc) is 2.22. The number of amides is 1. The molecule has 98 valence electrons. The van der Waals surface area contributed by atoms with Gasteiger partial charge in [-0.25, -0.2) is 4.39 Å². The van der Waals surface area contributed by atoms with E-state index in [4.69, 9.17) is 0 Å². The number of halogens is 4. The Morgan fingerprint density at radius 2 is 2.00 bits per heavy atom. The first-order valence-electron chi connectivity index (χ1n) is 5.26. The Kier molecular flexibility index (Phi) is 3.25. The maximum atomic E-state index is 13.0. The van der Waals surface area contributed by atoms with Gasteiger partial charge in [0.2, 0.25) is 0 Å². The summed E-state index contributed by atoms with van der Waals surface area (Å²) in [5.74, 6) is -2.02. The van der Waals surface area contributed by atoms with Crippen molar-refractivity contribution in [3.05, 3.63) is 35.1 Å². The highest BCUT2D eigenvalue weighted by molar-refractivity contribution is 5.94. The fourth-order valence-corrected chi connectivity index (χ4v) is 1.54. The van der Waals surface area contributed by atoms with Crippen molar-refractivity contribution >= 4 is 5.91 Å². The minimum Gasteiger partial charge on any atom is -0.347 e. The average molecular weight is 262 g/mol. The molecule has 1 aliphatic heterocycles. The molecule has 1 aromatic rings. The molecule has 0 spiro atoms. The van der Waals surface area contributed by atoms with Gasteiger partial charge in [0.15, 0.2) is 0 Å². The normalized spacial score (nSPS) is 16.2. The summed E-state index contributed by atoms with van der Waals surface area (Å²) in [6, 6.07) is 2.12. The zero-order chi connectivity index (χ0) is 13.3. The second-order valence-electron chi connectivity index (χ2n) is 4.02. The van der Waals surface area contributed by atoms with Crippen molar-refractivity contribution in [2.75, 3.05) is 13.1 Å². The number of nitrogens with one attached hydrogen (secondary N) is 2. The third kappa shape index (κ3) is 2.61. The predicted molar refractivity (Wildman–Crippen MR) is 55.5 cm³/mol. The summed E-state index contributed by atoms with van der Waals surface area (Å²) in [4.78, 5) is 11.6. The molecule has 0 bridgehead atoms. The summed E-state index contributed by atoms with van der Waals surface area (Å²) < 4.78 is 50.4. The van der Waals surface area contributed by atoms with Gasteiger partial charge in [0, 0.05) is 18.7 Å². The van der Waals surface area contributed by atoms with Gasteiger partial charge in [0.25, 0.3) is 5.91 Å². The minimum absolute atomic E-state index is 0.0862. The molecule has 0 unspecified atom stereocenters. The van der Waals surface area contributed by atoms with Crippen LogP contribution in [0.5, 0.6) is 0 Å². The van der Waals surface area contributed by atoms with Crippen LogP contribution in [-0.4, -0.2) is 25.0 Å². The Labute approximate surface area is 100 Å². The van der Waals surface area contributed by atoms with Crippen LogP contribution in [0.1, 0.15) is 15.9 Å². The Balaban J connectivity index is 2.20. The molecule has 0 aromatic heterocycles. The number of carbonyl (C=O) groups excluding carboxylic acids is 1. The zero-order valence-electron chi connectivity index (χ0n) is 9.14. The number of benzene rings is 1. The summed E-state index contributed by atoms with van der Waals surface area (Å²) in [7, 11) is 0. The summed E-state index contributed by atoms with van der Waals surface area (Å²) in [5.41, 5.74) is -1.63. The Hall–Kier alpha value is -1.63. The maximum absolute atomic E-state index is 13.0. The first-order chi connectivity index (χ1) is 8.38. The molecule has 0 atom stereocenters. The Morgan fingerprint density at radius 3 is 2.50 bits per heavy atom. The minimum atomic E-state index is -4.81. The molecule has 1 fully saturated rings. The summed E-state index contributed by atoms with van der Waals surface area (Å²) in [5, 5.41) is 5.45. The number of hydrogen-bond donors (Lipinski definition) is 2. The molecular weight excluding hydrogens is 252 g/mol. The first-order valence-corrected chi connectivity index (χ1v) is 5.26. The SMILES string of the molecule is O=C(NC1CNC1)c1ccc(F)c(C(F)(F)F)c1. The van der Waals surface area contributed by atoms with Crippen LogP contribution in [0.2, 0.25) is 0 Å². The van der Waals surface area contributed by atoms with E-state index in [0.717, 1.165) is 6.07 Å². The number of carbonyl (C=O) groups is 1. The van der Waals surface area contributed by atoms with E-state index in [1.165, 1.54) is 0 Å². The monoisotopic (exact) mass is 262 g/mol. The van der Waals surface area contributed by atoms with E-state index in [9.17, 15) is 22.4 Å². The van der Waals surface area contributed by atoms with E-state index in [-0.39, 0.29) is 11.6 Å². The van der Waals surface area contributed by atoms with Gasteiger partial charge in [0.05, 0.1) is 11.6 Å². The summed E-state index contributed by atoms with van der Waals surface area (Å²) in [6.07, 6.45) is -4.81. The quantitative estimate of drug-likeness (QED) is 0.794. The van der Waals surface area contributed by atoms with Gasteiger partial charge in [-0.1, -0.05) is 0 Å². The Morgan fingerprint density at radius 1 is 1.33 bits per heavy atom. The molecule has 18 heavy (non-hydrogen) atoms. The van der Waals surface area contributed by atoms with E-state index < -0.39 is 23.5 Å². The molecule has 0 saturated carbocycles. The highest BCUT2D eigenvalue weighted by Crippen LogP contribution is 2.31. The van der Waals surface area contributed by atoms with Crippen LogP contribution in [0.3, 0.4) is 0 Å². The van der Waals surface area contributed by atoms with E-state index >= 15 is 0 Å². The largest absolute Gasteiger partial charge is 0.419 e. The fourth-order valence-electron chi connectivity index (χ4n) is 1.54. The van der Waals surface area contributed by atoms with Crippen molar-refractivity contribution in [1.82, 2.24) is 10.6 Å². The lowest BCUT2D eigenvalue weighted by Gasteiger charge is -2.28. The Bertz CT molecular complexity index is 469. The highest BCUT2D eigenvalue weighted by atomic mass is 19.4. The van der Waals surface area contributed by atoms with Crippen LogP contribution in [0.25, 0.3) is 0 Å². The number of rotatable bonds is 2. The van der Waals surface area contributed by atoms with Crippen LogP contribution >= 0.6 is 0 Å². The van der Waals surface area contributed by atoms with Gasteiger partial charge in [-0.15, -0.1) is 0 Å². The van der Waals surface area contributed by atoms with Crippen molar-refractivity contribution in [2.24, 2.45) is 0 Å². The number of hydrogen-bond acceptors (Lipinski definition) is 2. The third-order valence-corrected chi connectivity index (χ3v) is 2.65.